The molecule has 0 radical (unpaired) electrons. The third kappa shape index (κ3) is 6.61. The van der Waals surface area contributed by atoms with Gasteiger partial charge in [-0.05, 0) is 49.2 Å². The first-order chi connectivity index (χ1) is 13.5. The fraction of sp³-hybridized carbons (Fsp3) is 0.227. The molecule has 0 aliphatic rings. The number of rotatable bonds is 8. The second-order valence-electron chi connectivity index (χ2n) is 6.22. The summed E-state index contributed by atoms with van der Waals surface area (Å²) in [5.74, 6) is -0.138. The average Bonchev–Trinajstić information content (AvgIpc) is 2.71. The van der Waals surface area contributed by atoms with E-state index in [0.29, 0.717) is 17.0 Å². The van der Waals surface area contributed by atoms with E-state index in [1.165, 1.54) is 6.08 Å². The molecule has 2 aromatic rings. The van der Waals surface area contributed by atoms with Crippen LogP contribution < -0.4 is 15.4 Å². The van der Waals surface area contributed by atoms with Crippen molar-refractivity contribution < 1.29 is 14.3 Å². The van der Waals surface area contributed by atoms with Crippen LogP contribution in [0.25, 0.3) is 6.08 Å². The van der Waals surface area contributed by atoms with Crippen LogP contribution in [-0.2, 0) is 9.59 Å². The molecule has 0 aromatic heterocycles. The van der Waals surface area contributed by atoms with E-state index in [1.807, 2.05) is 38.1 Å². The Morgan fingerprint density at radius 3 is 2.43 bits per heavy atom. The number of benzene rings is 2. The zero-order chi connectivity index (χ0) is 20.4. The molecular weight excluding hydrogens is 354 g/mol. The van der Waals surface area contributed by atoms with E-state index in [4.69, 9.17) is 4.74 Å². The minimum Gasteiger partial charge on any atom is -0.484 e. The topological polar surface area (TPSA) is 91.2 Å². The van der Waals surface area contributed by atoms with Crippen molar-refractivity contribution >= 4 is 23.6 Å². The van der Waals surface area contributed by atoms with Crippen LogP contribution in [0.15, 0.2) is 60.2 Å². The van der Waals surface area contributed by atoms with Crippen LogP contribution in [0.2, 0.25) is 0 Å². The molecule has 2 aromatic carbocycles. The van der Waals surface area contributed by atoms with Gasteiger partial charge in [-0.2, -0.15) is 5.26 Å². The summed E-state index contributed by atoms with van der Waals surface area (Å²) in [4.78, 5) is 24.0. The van der Waals surface area contributed by atoms with Gasteiger partial charge in [0, 0.05) is 11.7 Å². The molecular formula is C22H23N3O3. The lowest BCUT2D eigenvalue weighted by Gasteiger charge is -2.10. The SMILES string of the molecule is CC[C@@H](C)NC(=O)/C(C#N)=C/c1ccc(OCC(=O)Nc2ccccc2)cc1. The Hall–Kier alpha value is -3.59. The highest BCUT2D eigenvalue weighted by molar-refractivity contribution is 6.01. The number of nitriles is 1. The van der Waals surface area contributed by atoms with Crippen LogP contribution in [0.1, 0.15) is 25.8 Å². The maximum Gasteiger partial charge on any atom is 0.262 e. The van der Waals surface area contributed by atoms with Gasteiger partial charge in [-0.3, -0.25) is 9.59 Å². The summed E-state index contributed by atoms with van der Waals surface area (Å²) in [5.41, 5.74) is 1.43. The minimum absolute atomic E-state index is 0.00191. The lowest BCUT2D eigenvalue weighted by atomic mass is 10.1. The number of hydrogen-bond acceptors (Lipinski definition) is 4. The maximum absolute atomic E-state index is 12.1. The quantitative estimate of drug-likeness (QED) is 0.544. The van der Waals surface area contributed by atoms with Crippen molar-refractivity contribution in [2.75, 3.05) is 11.9 Å². The smallest absolute Gasteiger partial charge is 0.262 e. The Bertz CT molecular complexity index is 868. The first kappa shape index (κ1) is 20.7. The average molecular weight is 377 g/mol. The normalized spacial score (nSPS) is 11.8. The third-order valence-corrected chi connectivity index (χ3v) is 3.97. The van der Waals surface area contributed by atoms with Gasteiger partial charge in [0.25, 0.3) is 11.8 Å². The van der Waals surface area contributed by atoms with Crippen molar-refractivity contribution in [3.8, 4) is 11.8 Å². The molecule has 2 rings (SSSR count). The van der Waals surface area contributed by atoms with Crippen molar-refractivity contribution in [1.82, 2.24) is 5.32 Å². The Labute approximate surface area is 164 Å². The van der Waals surface area contributed by atoms with Gasteiger partial charge in [-0.25, -0.2) is 0 Å². The standard InChI is InChI=1S/C22H23N3O3/c1-3-16(2)24-22(27)18(14-23)13-17-9-11-20(12-10-17)28-15-21(26)25-19-7-5-4-6-8-19/h4-13,16H,3,15H2,1-2H3,(H,24,27)(H,25,26)/b18-13+/t16-/m1/s1. The lowest BCUT2D eigenvalue weighted by molar-refractivity contribution is -0.118. The van der Waals surface area contributed by atoms with E-state index in [0.717, 1.165) is 6.42 Å². The second kappa shape index (κ2) is 10.5. The highest BCUT2D eigenvalue weighted by Gasteiger charge is 2.11. The summed E-state index contributed by atoms with van der Waals surface area (Å²) >= 11 is 0. The molecule has 2 amide bonds. The number of carbonyl (C=O) groups excluding carboxylic acids is 2. The molecule has 6 heteroatoms. The van der Waals surface area contributed by atoms with Crippen LogP contribution >= 0.6 is 0 Å². The van der Waals surface area contributed by atoms with Crippen LogP contribution in [0.3, 0.4) is 0 Å². The van der Waals surface area contributed by atoms with E-state index in [1.54, 1.807) is 36.4 Å². The number of anilines is 1. The molecule has 0 saturated carbocycles. The fourth-order valence-electron chi connectivity index (χ4n) is 2.25. The molecule has 144 valence electrons. The number of nitrogens with zero attached hydrogens (tertiary/aromatic N) is 1. The summed E-state index contributed by atoms with van der Waals surface area (Å²) < 4.78 is 5.46. The monoisotopic (exact) mass is 377 g/mol. The number of carbonyl (C=O) groups is 2. The predicted octanol–water partition coefficient (Wildman–Crippen LogP) is 3.53. The number of ether oxygens (including phenoxy) is 1. The zero-order valence-corrected chi connectivity index (χ0v) is 15.9. The highest BCUT2D eigenvalue weighted by Crippen LogP contribution is 2.15. The molecule has 0 saturated heterocycles. The van der Waals surface area contributed by atoms with Gasteiger partial charge in [-0.15, -0.1) is 0 Å². The maximum atomic E-state index is 12.1. The third-order valence-electron chi connectivity index (χ3n) is 3.97. The van der Waals surface area contributed by atoms with E-state index >= 15 is 0 Å². The summed E-state index contributed by atoms with van der Waals surface area (Å²) in [5, 5.41) is 14.7. The number of nitrogens with one attached hydrogen (secondary N) is 2. The van der Waals surface area contributed by atoms with E-state index in [-0.39, 0.29) is 24.1 Å². The summed E-state index contributed by atoms with van der Waals surface area (Å²) in [6.07, 6.45) is 2.30. The van der Waals surface area contributed by atoms with Gasteiger partial charge in [0.15, 0.2) is 6.61 Å². The van der Waals surface area contributed by atoms with E-state index in [2.05, 4.69) is 10.6 Å². The van der Waals surface area contributed by atoms with Crippen LogP contribution in [0, 0.1) is 11.3 Å². The zero-order valence-electron chi connectivity index (χ0n) is 15.9. The molecule has 1 atom stereocenters. The molecule has 28 heavy (non-hydrogen) atoms. The molecule has 2 N–H and O–H groups in total. The number of amides is 2. The summed E-state index contributed by atoms with van der Waals surface area (Å²) in [7, 11) is 0. The summed E-state index contributed by atoms with van der Waals surface area (Å²) in [6.45, 7) is 3.72. The van der Waals surface area contributed by atoms with Gasteiger partial charge >= 0.3 is 0 Å². The number of para-hydroxylation sites is 1. The van der Waals surface area contributed by atoms with Crippen molar-refractivity contribution in [2.24, 2.45) is 0 Å². The van der Waals surface area contributed by atoms with Gasteiger partial charge in [-0.1, -0.05) is 37.3 Å². The Morgan fingerprint density at radius 1 is 1.14 bits per heavy atom. The largest absolute Gasteiger partial charge is 0.484 e. The van der Waals surface area contributed by atoms with Crippen LogP contribution in [0.5, 0.6) is 5.75 Å². The molecule has 0 heterocycles. The molecule has 0 unspecified atom stereocenters. The lowest BCUT2D eigenvalue weighted by Crippen LogP contribution is -2.32. The molecule has 6 nitrogen and oxygen atoms in total. The first-order valence-corrected chi connectivity index (χ1v) is 9.02. The van der Waals surface area contributed by atoms with Gasteiger partial charge < -0.3 is 15.4 Å². The highest BCUT2D eigenvalue weighted by atomic mass is 16.5. The Balaban J connectivity index is 1.92. The van der Waals surface area contributed by atoms with E-state index in [9.17, 15) is 14.9 Å². The Morgan fingerprint density at radius 2 is 1.82 bits per heavy atom. The summed E-state index contributed by atoms with van der Waals surface area (Å²) in [6, 6.07) is 17.9. The molecule has 0 bridgehead atoms. The first-order valence-electron chi connectivity index (χ1n) is 9.02. The predicted molar refractivity (Wildman–Crippen MR) is 108 cm³/mol. The van der Waals surface area contributed by atoms with Crippen molar-refractivity contribution in [2.45, 2.75) is 26.3 Å². The van der Waals surface area contributed by atoms with Crippen LogP contribution in [0.4, 0.5) is 5.69 Å². The van der Waals surface area contributed by atoms with Gasteiger partial charge in [0.1, 0.15) is 17.4 Å². The fourth-order valence-corrected chi connectivity index (χ4v) is 2.25. The Kier molecular flexibility index (Phi) is 7.79. The van der Waals surface area contributed by atoms with Crippen LogP contribution in [-0.4, -0.2) is 24.5 Å². The van der Waals surface area contributed by atoms with Crippen molar-refractivity contribution in [3.05, 3.63) is 65.7 Å². The van der Waals surface area contributed by atoms with Crippen molar-refractivity contribution in [1.29, 1.82) is 5.26 Å². The molecule has 0 aliphatic carbocycles. The second-order valence-corrected chi connectivity index (χ2v) is 6.22. The minimum atomic E-state index is -0.394. The van der Waals surface area contributed by atoms with E-state index < -0.39 is 5.91 Å². The number of hydrogen-bond donors (Lipinski definition) is 2. The molecule has 0 aliphatic heterocycles. The van der Waals surface area contributed by atoms with Gasteiger partial charge in [0.05, 0.1) is 0 Å². The molecule has 0 fully saturated rings. The van der Waals surface area contributed by atoms with Gasteiger partial charge in [0.2, 0.25) is 0 Å². The molecule has 0 spiro atoms. The van der Waals surface area contributed by atoms with Crippen molar-refractivity contribution in [3.63, 3.8) is 0 Å².